The molecule has 1 fully saturated rings. The molecular weight excluding hydrogens is 319 g/mol. The fourth-order valence-corrected chi connectivity index (χ4v) is 2.51. The number of nitrogens with zero attached hydrogens (tertiary/aromatic N) is 2. The predicted molar refractivity (Wildman–Crippen MR) is 87.2 cm³/mol. The van der Waals surface area contributed by atoms with Crippen molar-refractivity contribution in [3.8, 4) is 0 Å². The van der Waals surface area contributed by atoms with Crippen LogP contribution >= 0.6 is 11.6 Å². The van der Waals surface area contributed by atoms with Gasteiger partial charge in [-0.15, -0.1) is 0 Å². The van der Waals surface area contributed by atoms with Crippen molar-refractivity contribution in [3.63, 3.8) is 0 Å². The zero-order valence-electron chi connectivity index (χ0n) is 12.4. The van der Waals surface area contributed by atoms with E-state index >= 15 is 0 Å². The number of halogens is 2. The van der Waals surface area contributed by atoms with E-state index in [4.69, 9.17) is 17.0 Å². The van der Waals surface area contributed by atoms with Gasteiger partial charge in [0.15, 0.2) is 0 Å². The van der Waals surface area contributed by atoms with Gasteiger partial charge < -0.3 is 15.6 Å². The third-order valence-corrected chi connectivity index (χ3v) is 4.07. The third kappa shape index (κ3) is 3.03. The molecule has 2 heterocycles. The third-order valence-electron chi connectivity index (χ3n) is 3.69. The van der Waals surface area contributed by atoms with E-state index in [1.165, 1.54) is 29.2 Å². The maximum atomic E-state index is 13.0. The molecule has 2 N–H and O–H groups in total. The number of benzene rings is 1. The molecule has 3 rings (SSSR count). The Bertz CT molecular complexity index is 780. The van der Waals surface area contributed by atoms with Gasteiger partial charge in [0, 0.05) is 17.3 Å². The molecule has 5 nitrogen and oxygen atoms in total. The molecule has 23 heavy (non-hydrogen) atoms. The SMILES string of the molecule is CC1=N/C(=C2\CN(C(=O)c3ccc(F)cc3)CC2=N)NC=C1Cl. The molecule has 118 valence electrons. The summed E-state index contributed by atoms with van der Waals surface area (Å²) in [5.74, 6) is -0.0971. The van der Waals surface area contributed by atoms with Crippen molar-refractivity contribution in [3.05, 3.63) is 58.3 Å². The summed E-state index contributed by atoms with van der Waals surface area (Å²) in [6.45, 7) is 2.25. The summed E-state index contributed by atoms with van der Waals surface area (Å²) in [5.41, 5.74) is 2.03. The maximum Gasteiger partial charge on any atom is 0.254 e. The van der Waals surface area contributed by atoms with Gasteiger partial charge in [0.2, 0.25) is 0 Å². The van der Waals surface area contributed by atoms with Gasteiger partial charge in [0.1, 0.15) is 11.6 Å². The summed E-state index contributed by atoms with van der Waals surface area (Å²) < 4.78 is 13.0. The van der Waals surface area contributed by atoms with Gasteiger partial charge in [0.25, 0.3) is 5.91 Å². The summed E-state index contributed by atoms with van der Waals surface area (Å²) in [7, 11) is 0. The lowest BCUT2D eigenvalue weighted by Gasteiger charge is -2.15. The Morgan fingerprint density at radius 2 is 2.04 bits per heavy atom. The molecule has 7 heteroatoms. The second-order valence-corrected chi connectivity index (χ2v) is 5.71. The number of hydrogen-bond acceptors (Lipinski definition) is 4. The van der Waals surface area contributed by atoms with Crippen LogP contribution in [-0.4, -0.2) is 35.3 Å². The standard InChI is InChI=1S/C16H14ClFN4O/c1-9-13(17)6-20-15(21-9)12-7-22(8-14(12)19)16(23)10-2-4-11(18)5-3-10/h2-6,19-20H,7-8H2,1H3/b15-12+,19-14?. The minimum absolute atomic E-state index is 0.197. The van der Waals surface area contributed by atoms with Crippen molar-refractivity contribution in [1.82, 2.24) is 10.2 Å². The Morgan fingerprint density at radius 3 is 2.70 bits per heavy atom. The molecule has 1 saturated heterocycles. The smallest absolute Gasteiger partial charge is 0.254 e. The fourth-order valence-electron chi connectivity index (χ4n) is 2.41. The average Bonchev–Trinajstić information content (AvgIpc) is 2.92. The molecule has 2 aliphatic heterocycles. The van der Waals surface area contributed by atoms with E-state index in [2.05, 4.69) is 10.3 Å². The monoisotopic (exact) mass is 332 g/mol. The Balaban J connectivity index is 1.83. The highest BCUT2D eigenvalue weighted by Gasteiger charge is 2.30. The summed E-state index contributed by atoms with van der Waals surface area (Å²) in [4.78, 5) is 18.3. The molecule has 0 aromatic heterocycles. The highest BCUT2D eigenvalue weighted by atomic mass is 35.5. The molecule has 0 aliphatic carbocycles. The highest BCUT2D eigenvalue weighted by molar-refractivity contribution is 6.43. The van der Waals surface area contributed by atoms with E-state index in [0.717, 1.165) is 0 Å². The van der Waals surface area contributed by atoms with Crippen LogP contribution in [0.15, 0.2) is 51.9 Å². The topological polar surface area (TPSA) is 68.5 Å². The molecular formula is C16H14ClFN4O. The molecule has 0 atom stereocenters. The van der Waals surface area contributed by atoms with Crippen LogP contribution in [0.2, 0.25) is 0 Å². The molecule has 0 saturated carbocycles. The normalized spacial score (nSPS) is 21.0. The molecule has 0 radical (unpaired) electrons. The largest absolute Gasteiger partial charge is 0.345 e. The van der Waals surface area contributed by atoms with Crippen molar-refractivity contribution in [2.24, 2.45) is 4.99 Å². The highest BCUT2D eigenvalue weighted by Crippen LogP contribution is 2.21. The van der Waals surface area contributed by atoms with Crippen LogP contribution in [0.25, 0.3) is 0 Å². The number of nitrogens with one attached hydrogen (secondary N) is 2. The lowest BCUT2D eigenvalue weighted by Crippen LogP contribution is -2.28. The zero-order valence-corrected chi connectivity index (χ0v) is 13.1. The van der Waals surface area contributed by atoms with Crippen molar-refractivity contribution in [2.75, 3.05) is 13.1 Å². The Hall–Kier alpha value is -2.47. The lowest BCUT2D eigenvalue weighted by molar-refractivity contribution is 0.0804. The Kier molecular flexibility index (Phi) is 4.00. The molecule has 1 aromatic rings. The van der Waals surface area contributed by atoms with Gasteiger partial charge in [-0.2, -0.15) is 0 Å². The van der Waals surface area contributed by atoms with Crippen LogP contribution in [0.3, 0.4) is 0 Å². The molecule has 1 aromatic carbocycles. The predicted octanol–water partition coefficient (Wildman–Crippen LogP) is 2.66. The van der Waals surface area contributed by atoms with Gasteiger partial charge in [-0.05, 0) is 31.2 Å². The number of rotatable bonds is 1. The summed E-state index contributed by atoms with van der Waals surface area (Å²) >= 11 is 5.94. The van der Waals surface area contributed by atoms with Crippen LogP contribution in [0.5, 0.6) is 0 Å². The molecule has 2 aliphatic rings. The van der Waals surface area contributed by atoms with Crippen molar-refractivity contribution < 1.29 is 9.18 Å². The van der Waals surface area contributed by atoms with Crippen LogP contribution in [0.1, 0.15) is 17.3 Å². The summed E-state index contributed by atoms with van der Waals surface area (Å²) in [5, 5.41) is 11.6. The molecule has 0 bridgehead atoms. The van der Waals surface area contributed by atoms with Gasteiger partial charge in [0.05, 0.1) is 29.5 Å². The van der Waals surface area contributed by atoms with E-state index in [1.54, 1.807) is 13.1 Å². The van der Waals surface area contributed by atoms with Crippen LogP contribution in [0.4, 0.5) is 4.39 Å². The number of hydrogen-bond donors (Lipinski definition) is 2. The van der Waals surface area contributed by atoms with Crippen molar-refractivity contribution in [2.45, 2.75) is 6.92 Å². The minimum atomic E-state index is -0.390. The van der Waals surface area contributed by atoms with Crippen molar-refractivity contribution >= 4 is 28.9 Å². The Morgan fingerprint density at radius 1 is 1.35 bits per heavy atom. The number of allylic oxidation sites excluding steroid dienone is 1. The molecule has 0 spiro atoms. The lowest BCUT2D eigenvalue weighted by atomic mass is 10.2. The maximum absolute atomic E-state index is 13.0. The quantitative estimate of drug-likeness (QED) is 0.830. The summed E-state index contributed by atoms with van der Waals surface area (Å²) in [6, 6.07) is 5.38. The van der Waals surface area contributed by atoms with Crippen molar-refractivity contribution in [1.29, 1.82) is 5.41 Å². The van der Waals surface area contributed by atoms with E-state index in [0.29, 0.717) is 33.4 Å². The van der Waals surface area contributed by atoms with E-state index in [-0.39, 0.29) is 19.0 Å². The number of aliphatic imine (C=N–C) groups is 1. The van der Waals surface area contributed by atoms with Gasteiger partial charge in [-0.25, -0.2) is 9.38 Å². The number of likely N-dealkylation sites (tertiary alicyclic amines) is 1. The second kappa shape index (κ2) is 5.96. The first-order chi connectivity index (χ1) is 11.0. The first-order valence-corrected chi connectivity index (χ1v) is 7.37. The number of carbonyl (C=O) groups is 1. The van der Waals surface area contributed by atoms with Gasteiger partial charge in [-0.3, -0.25) is 4.79 Å². The average molecular weight is 333 g/mol. The van der Waals surface area contributed by atoms with Crippen LogP contribution in [-0.2, 0) is 0 Å². The first-order valence-electron chi connectivity index (χ1n) is 6.99. The van der Waals surface area contributed by atoms with Gasteiger partial charge in [-0.1, -0.05) is 11.6 Å². The van der Waals surface area contributed by atoms with E-state index in [1.807, 2.05) is 0 Å². The Labute approximate surface area is 137 Å². The fraction of sp³-hybridized carbons (Fsp3) is 0.188. The number of amides is 1. The minimum Gasteiger partial charge on any atom is -0.345 e. The number of carbonyl (C=O) groups excluding carboxylic acids is 1. The second-order valence-electron chi connectivity index (χ2n) is 5.31. The van der Waals surface area contributed by atoms with Crippen LogP contribution in [0, 0.1) is 11.2 Å². The first kappa shape index (κ1) is 15.4. The molecule has 0 unspecified atom stereocenters. The molecule has 1 amide bonds. The van der Waals surface area contributed by atoms with Crippen LogP contribution < -0.4 is 5.32 Å². The van der Waals surface area contributed by atoms with E-state index in [9.17, 15) is 9.18 Å². The van der Waals surface area contributed by atoms with Gasteiger partial charge >= 0.3 is 0 Å². The van der Waals surface area contributed by atoms with E-state index < -0.39 is 5.82 Å². The summed E-state index contributed by atoms with van der Waals surface area (Å²) in [6.07, 6.45) is 1.62. The zero-order chi connectivity index (χ0) is 16.6.